The molecule has 19 heavy (non-hydrogen) atoms. The molecule has 108 valence electrons. The summed E-state index contributed by atoms with van der Waals surface area (Å²) in [6.45, 7) is 12.2. The van der Waals surface area contributed by atoms with Crippen molar-refractivity contribution >= 4 is 27.8 Å². The van der Waals surface area contributed by atoms with Gasteiger partial charge in [0.05, 0.1) is 15.6 Å². The molecule has 0 aliphatic rings. The molecule has 0 aliphatic heterocycles. The quantitative estimate of drug-likeness (QED) is 0.755. The topological polar surface area (TPSA) is 58.4 Å². The second-order valence-electron chi connectivity index (χ2n) is 5.30. The summed E-state index contributed by atoms with van der Waals surface area (Å²) in [5.41, 5.74) is 6.38. The van der Waals surface area contributed by atoms with Gasteiger partial charge in [-0.15, -0.1) is 11.3 Å². The highest BCUT2D eigenvalue weighted by Gasteiger charge is 2.13. The molecule has 1 aromatic heterocycles. The number of ketones is 1. The van der Waals surface area contributed by atoms with E-state index in [0.29, 0.717) is 22.6 Å². The third kappa shape index (κ3) is 4.51. The van der Waals surface area contributed by atoms with E-state index in [1.807, 2.05) is 6.07 Å². The fraction of sp³-hybridized carbons (Fsp3) is 0.643. The number of Topliss-reactive ketones (excluding diaryl/α,β-unsaturated/α-hetero) is 1. The van der Waals surface area contributed by atoms with E-state index < -0.39 is 0 Å². The first-order valence-corrected chi connectivity index (χ1v) is 7.54. The Hall–Kier alpha value is -1.07. The van der Waals surface area contributed by atoms with E-state index in [4.69, 9.17) is 5.73 Å². The van der Waals surface area contributed by atoms with Gasteiger partial charge in [0.25, 0.3) is 0 Å². The van der Waals surface area contributed by atoms with Gasteiger partial charge in [-0.05, 0) is 33.8 Å². The molecule has 0 bridgehead atoms. The molecule has 0 saturated heterocycles. The lowest BCUT2D eigenvalue weighted by Gasteiger charge is -2.30. The minimum absolute atomic E-state index is 0.0292. The van der Waals surface area contributed by atoms with Gasteiger partial charge in [0.15, 0.2) is 5.78 Å². The summed E-state index contributed by atoms with van der Waals surface area (Å²) in [6, 6.07) is 2.90. The lowest BCUT2D eigenvalue weighted by molar-refractivity contribution is 0.102. The van der Waals surface area contributed by atoms with Crippen LogP contribution in [0.15, 0.2) is 6.07 Å². The van der Waals surface area contributed by atoms with E-state index >= 15 is 0 Å². The molecular weight excluding hydrogens is 258 g/mol. The number of carbonyl (C=O) groups is 1. The van der Waals surface area contributed by atoms with Gasteiger partial charge in [0.1, 0.15) is 0 Å². The Morgan fingerprint density at radius 3 is 2.37 bits per heavy atom. The summed E-state index contributed by atoms with van der Waals surface area (Å²) in [4.78, 5) is 14.4. The maximum absolute atomic E-state index is 11.3. The average Bonchev–Trinajstić information content (AvgIpc) is 2.65. The molecule has 0 amide bonds. The minimum Gasteiger partial charge on any atom is -0.397 e. The zero-order valence-electron chi connectivity index (χ0n) is 12.5. The Kier molecular flexibility index (Phi) is 5.82. The fourth-order valence-corrected chi connectivity index (χ4v) is 3.09. The molecule has 0 spiro atoms. The zero-order chi connectivity index (χ0) is 14.6. The lowest BCUT2D eigenvalue weighted by Crippen LogP contribution is -2.40. The van der Waals surface area contributed by atoms with Crippen molar-refractivity contribution in [1.29, 1.82) is 0 Å². The van der Waals surface area contributed by atoms with Crippen LogP contribution in [-0.4, -0.2) is 35.9 Å². The minimum atomic E-state index is 0.0292. The second-order valence-corrected chi connectivity index (χ2v) is 6.36. The molecule has 0 aromatic carbocycles. The maximum Gasteiger partial charge on any atom is 0.171 e. The highest BCUT2D eigenvalue weighted by atomic mass is 32.1. The van der Waals surface area contributed by atoms with Crippen LogP contribution >= 0.6 is 11.3 Å². The van der Waals surface area contributed by atoms with E-state index in [2.05, 4.69) is 37.9 Å². The van der Waals surface area contributed by atoms with Crippen molar-refractivity contribution in [3.8, 4) is 0 Å². The second kappa shape index (κ2) is 6.91. The molecule has 1 heterocycles. The molecule has 1 aromatic rings. The van der Waals surface area contributed by atoms with Crippen LogP contribution in [0.2, 0.25) is 0 Å². The Labute approximate surface area is 120 Å². The number of nitrogens with one attached hydrogen (secondary N) is 1. The summed E-state index contributed by atoms with van der Waals surface area (Å²) < 4.78 is 0. The van der Waals surface area contributed by atoms with Crippen LogP contribution < -0.4 is 11.1 Å². The van der Waals surface area contributed by atoms with Gasteiger partial charge in [0, 0.05) is 32.1 Å². The fourth-order valence-electron chi connectivity index (χ4n) is 2.19. The highest BCUT2D eigenvalue weighted by Crippen LogP contribution is 2.29. The highest BCUT2D eigenvalue weighted by molar-refractivity contribution is 7.18. The van der Waals surface area contributed by atoms with E-state index in [-0.39, 0.29) is 5.78 Å². The monoisotopic (exact) mass is 283 g/mol. The molecule has 0 saturated carbocycles. The van der Waals surface area contributed by atoms with Crippen molar-refractivity contribution in [1.82, 2.24) is 4.90 Å². The van der Waals surface area contributed by atoms with Gasteiger partial charge in [-0.3, -0.25) is 9.69 Å². The van der Waals surface area contributed by atoms with Gasteiger partial charge in [0.2, 0.25) is 0 Å². The maximum atomic E-state index is 11.3. The number of thiophene rings is 1. The third-order valence-electron chi connectivity index (χ3n) is 3.08. The number of nitrogen functional groups attached to an aromatic ring is 1. The van der Waals surface area contributed by atoms with Crippen LogP contribution in [0, 0.1) is 0 Å². The van der Waals surface area contributed by atoms with Crippen molar-refractivity contribution in [2.24, 2.45) is 0 Å². The number of hydrogen-bond acceptors (Lipinski definition) is 5. The van der Waals surface area contributed by atoms with Gasteiger partial charge >= 0.3 is 0 Å². The first-order chi connectivity index (χ1) is 8.82. The molecule has 0 fully saturated rings. The van der Waals surface area contributed by atoms with Gasteiger partial charge < -0.3 is 11.1 Å². The van der Waals surface area contributed by atoms with E-state index in [1.54, 1.807) is 6.92 Å². The van der Waals surface area contributed by atoms with Crippen molar-refractivity contribution in [3.05, 3.63) is 10.9 Å². The molecule has 5 heteroatoms. The molecule has 0 unspecified atom stereocenters. The number of rotatable bonds is 7. The van der Waals surface area contributed by atoms with Crippen LogP contribution in [0.1, 0.15) is 44.3 Å². The number of hydrogen-bond donors (Lipinski definition) is 2. The lowest BCUT2D eigenvalue weighted by atomic mass is 10.2. The van der Waals surface area contributed by atoms with Crippen molar-refractivity contribution in [2.45, 2.75) is 46.7 Å². The summed E-state index contributed by atoms with van der Waals surface area (Å²) in [7, 11) is 0. The van der Waals surface area contributed by atoms with Crippen LogP contribution in [0.25, 0.3) is 0 Å². The smallest absolute Gasteiger partial charge is 0.171 e. The van der Waals surface area contributed by atoms with Gasteiger partial charge in [-0.1, -0.05) is 0 Å². The Morgan fingerprint density at radius 1 is 1.37 bits per heavy atom. The van der Waals surface area contributed by atoms with Crippen molar-refractivity contribution < 1.29 is 4.79 Å². The molecule has 0 atom stereocenters. The number of anilines is 2. The molecule has 0 radical (unpaired) electrons. The summed E-state index contributed by atoms with van der Waals surface area (Å²) in [5.74, 6) is 0.0292. The summed E-state index contributed by atoms with van der Waals surface area (Å²) >= 11 is 1.43. The summed E-state index contributed by atoms with van der Waals surface area (Å²) in [5, 5.41) is 4.31. The van der Waals surface area contributed by atoms with Gasteiger partial charge in [-0.2, -0.15) is 0 Å². The Morgan fingerprint density at radius 2 is 1.95 bits per heavy atom. The SMILES string of the molecule is CC(=O)c1sc(NCCN(C(C)C)C(C)C)cc1N. The Balaban J connectivity index is 2.53. The summed E-state index contributed by atoms with van der Waals surface area (Å²) in [6.07, 6.45) is 0. The third-order valence-corrected chi connectivity index (χ3v) is 4.29. The number of carbonyl (C=O) groups excluding carboxylic acids is 1. The molecule has 1 rings (SSSR count). The normalized spacial score (nSPS) is 11.6. The van der Waals surface area contributed by atoms with Crippen LogP contribution in [0.4, 0.5) is 10.7 Å². The van der Waals surface area contributed by atoms with E-state index in [0.717, 1.165) is 18.1 Å². The molecule has 3 N–H and O–H groups in total. The zero-order valence-corrected chi connectivity index (χ0v) is 13.3. The molecular formula is C14H25N3OS. The number of nitrogens with zero attached hydrogens (tertiary/aromatic N) is 1. The van der Waals surface area contributed by atoms with Crippen molar-refractivity contribution in [2.75, 3.05) is 24.1 Å². The van der Waals surface area contributed by atoms with Gasteiger partial charge in [-0.25, -0.2) is 0 Å². The first kappa shape index (κ1) is 16.0. The van der Waals surface area contributed by atoms with Crippen LogP contribution in [0.3, 0.4) is 0 Å². The van der Waals surface area contributed by atoms with E-state index in [9.17, 15) is 4.79 Å². The van der Waals surface area contributed by atoms with Crippen molar-refractivity contribution in [3.63, 3.8) is 0 Å². The van der Waals surface area contributed by atoms with Crippen LogP contribution in [0.5, 0.6) is 0 Å². The first-order valence-electron chi connectivity index (χ1n) is 6.72. The van der Waals surface area contributed by atoms with E-state index in [1.165, 1.54) is 11.3 Å². The predicted octanol–water partition coefficient (Wildman–Crippen LogP) is 3.06. The number of nitrogens with two attached hydrogens (primary N) is 1. The molecule has 4 nitrogen and oxygen atoms in total. The van der Waals surface area contributed by atoms with Crippen LogP contribution in [-0.2, 0) is 0 Å². The largest absolute Gasteiger partial charge is 0.397 e. The standard InChI is InChI=1S/C14H25N3OS/c1-9(2)17(10(3)4)7-6-16-13-8-12(15)14(19-13)11(5)18/h8-10,16H,6-7,15H2,1-5H3. The average molecular weight is 283 g/mol. The predicted molar refractivity (Wildman–Crippen MR) is 84.2 cm³/mol. The Bertz CT molecular complexity index is 418. The molecule has 0 aliphatic carbocycles.